The molecule has 0 spiro atoms. The van der Waals surface area contributed by atoms with Gasteiger partial charge in [-0.05, 0) is 84.4 Å². The number of rotatable bonds is 6. The highest BCUT2D eigenvalue weighted by Crippen LogP contribution is 2.38. The predicted octanol–water partition coefficient (Wildman–Crippen LogP) is 6.47. The summed E-state index contributed by atoms with van der Waals surface area (Å²) in [6.45, 7) is 9.46. The molecule has 1 saturated carbocycles. The van der Waals surface area contributed by atoms with Crippen molar-refractivity contribution in [2.75, 3.05) is 23.8 Å². The molecule has 3 aromatic rings. The van der Waals surface area contributed by atoms with Crippen LogP contribution < -0.4 is 10.6 Å². The standard InChI is InChI=1S/C28H38ClN7O3/c1-27(2,3)36(26(37)38)21-10-8-20(9-11-21)35-23-22(32-25(35)31-19-7-5-6-18(29)16-19)17-30-24(33-23)34-28(4)12-14-39-15-13-28/h5-7,16-17,20-21H,8-15H2,1-4H3,(H,31,32)(H,37,38)(H,30,33,34)/t20-,21-. The summed E-state index contributed by atoms with van der Waals surface area (Å²) in [7, 11) is 0. The molecular formula is C28H38ClN7O3. The van der Waals surface area contributed by atoms with Gasteiger partial charge in [0, 0.05) is 47.1 Å². The lowest BCUT2D eigenvalue weighted by molar-refractivity contribution is 0.0514. The zero-order valence-electron chi connectivity index (χ0n) is 23.1. The monoisotopic (exact) mass is 555 g/mol. The Morgan fingerprint density at radius 3 is 2.54 bits per heavy atom. The maximum Gasteiger partial charge on any atom is 0.407 e. The fraction of sp³-hybridized carbons (Fsp3) is 0.571. The van der Waals surface area contributed by atoms with Crippen LogP contribution in [0.5, 0.6) is 0 Å². The number of ether oxygens (including phenoxy) is 1. The second-order valence-electron chi connectivity index (χ2n) is 11.9. The number of benzene rings is 1. The first-order valence-electron chi connectivity index (χ1n) is 13.7. The van der Waals surface area contributed by atoms with E-state index in [9.17, 15) is 9.90 Å². The Morgan fingerprint density at radius 2 is 1.90 bits per heavy atom. The summed E-state index contributed by atoms with van der Waals surface area (Å²) >= 11 is 6.25. The Morgan fingerprint density at radius 1 is 1.18 bits per heavy atom. The first kappa shape index (κ1) is 27.5. The third-order valence-electron chi connectivity index (χ3n) is 7.85. The number of imidazole rings is 1. The summed E-state index contributed by atoms with van der Waals surface area (Å²) < 4.78 is 7.71. The number of aromatic nitrogens is 4. The minimum Gasteiger partial charge on any atom is -0.465 e. The van der Waals surface area contributed by atoms with E-state index in [1.165, 1.54) is 0 Å². The largest absolute Gasteiger partial charge is 0.465 e. The maximum absolute atomic E-state index is 12.1. The van der Waals surface area contributed by atoms with Crippen molar-refractivity contribution in [1.29, 1.82) is 0 Å². The number of hydrogen-bond acceptors (Lipinski definition) is 7. The molecule has 39 heavy (non-hydrogen) atoms. The summed E-state index contributed by atoms with van der Waals surface area (Å²) in [6, 6.07) is 7.61. The molecule has 1 saturated heterocycles. The Labute approximate surface area is 234 Å². The highest BCUT2D eigenvalue weighted by molar-refractivity contribution is 6.30. The molecule has 3 heterocycles. The minimum atomic E-state index is -0.868. The van der Waals surface area contributed by atoms with Crippen LogP contribution >= 0.6 is 11.6 Å². The van der Waals surface area contributed by atoms with Gasteiger partial charge >= 0.3 is 6.09 Å². The van der Waals surface area contributed by atoms with Crippen LogP contribution in [0.1, 0.15) is 72.3 Å². The van der Waals surface area contributed by atoms with Crippen molar-refractivity contribution < 1.29 is 14.6 Å². The van der Waals surface area contributed by atoms with Crippen LogP contribution in [0.2, 0.25) is 5.02 Å². The summed E-state index contributed by atoms with van der Waals surface area (Å²) in [4.78, 5) is 28.1. The van der Waals surface area contributed by atoms with Crippen molar-refractivity contribution in [3.8, 4) is 0 Å². The molecule has 1 amide bonds. The van der Waals surface area contributed by atoms with E-state index < -0.39 is 11.6 Å². The van der Waals surface area contributed by atoms with E-state index in [0.717, 1.165) is 49.9 Å². The summed E-state index contributed by atoms with van der Waals surface area (Å²) in [6.07, 6.45) is 5.80. The van der Waals surface area contributed by atoms with Gasteiger partial charge in [0.05, 0.1) is 6.20 Å². The first-order chi connectivity index (χ1) is 18.5. The maximum atomic E-state index is 12.1. The highest BCUT2D eigenvalue weighted by Gasteiger charge is 2.37. The molecule has 11 heteroatoms. The van der Waals surface area contributed by atoms with Gasteiger partial charge in [0.25, 0.3) is 0 Å². The van der Waals surface area contributed by atoms with Crippen LogP contribution in [0, 0.1) is 0 Å². The quantitative estimate of drug-likeness (QED) is 0.317. The van der Waals surface area contributed by atoms with E-state index >= 15 is 0 Å². The van der Waals surface area contributed by atoms with Crippen LogP contribution in [0.4, 0.5) is 22.4 Å². The molecule has 0 radical (unpaired) electrons. The number of amides is 1. The average Bonchev–Trinajstić information content (AvgIpc) is 3.20. The third kappa shape index (κ3) is 6.06. The lowest BCUT2D eigenvalue weighted by Gasteiger charge is -2.43. The number of anilines is 3. The minimum absolute atomic E-state index is 0.0294. The van der Waals surface area contributed by atoms with Gasteiger partial charge in [-0.1, -0.05) is 17.7 Å². The zero-order valence-corrected chi connectivity index (χ0v) is 23.8. The Hall–Kier alpha value is -3.11. The lowest BCUT2D eigenvalue weighted by Crippen LogP contribution is -2.52. The van der Waals surface area contributed by atoms with Crippen LogP contribution in [0.15, 0.2) is 30.5 Å². The van der Waals surface area contributed by atoms with Gasteiger partial charge in [-0.25, -0.2) is 14.8 Å². The van der Waals surface area contributed by atoms with Crippen molar-refractivity contribution in [3.05, 3.63) is 35.5 Å². The van der Waals surface area contributed by atoms with Crippen molar-refractivity contribution in [1.82, 2.24) is 24.4 Å². The number of fused-ring (bicyclic) bond motifs is 1. The fourth-order valence-electron chi connectivity index (χ4n) is 5.86. The number of carboxylic acid groups (broad SMARTS) is 1. The normalized spacial score (nSPS) is 21.5. The zero-order chi connectivity index (χ0) is 27.8. The molecule has 3 N–H and O–H groups in total. The van der Waals surface area contributed by atoms with Crippen LogP contribution in [0.25, 0.3) is 11.2 Å². The van der Waals surface area contributed by atoms with Crippen molar-refractivity contribution in [2.45, 2.75) is 89.4 Å². The van der Waals surface area contributed by atoms with Crippen molar-refractivity contribution >= 4 is 46.4 Å². The number of nitrogens with one attached hydrogen (secondary N) is 2. The molecule has 1 aromatic carbocycles. The number of carbonyl (C=O) groups is 1. The highest BCUT2D eigenvalue weighted by atomic mass is 35.5. The number of halogens is 1. The molecule has 0 bridgehead atoms. The van der Waals surface area contributed by atoms with Gasteiger partial charge in [-0.3, -0.25) is 4.57 Å². The first-order valence-corrected chi connectivity index (χ1v) is 14.1. The molecule has 5 rings (SSSR count). The number of hydrogen-bond donors (Lipinski definition) is 3. The fourth-order valence-corrected chi connectivity index (χ4v) is 6.05. The van der Waals surface area contributed by atoms with E-state index in [0.29, 0.717) is 35.6 Å². The molecule has 1 aliphatic carbocycles. The van der Waals surface area contributed by atoms with Gasteiger partial charge < -0.3 is 25.4 Å². The topological polar surface area (TPSA) is 117 Å². The second-order valence-corrected chi connectivity index (χ2v) is 12.4. The SMILES string of the molecule is CC1(Nc2ncc3nc(Nc4cccc(Cl)c4)n([C@H]4CC[C@H](N(C(=O)O)C(C)(C)C)CC4)c3n2)CCOCC1. The summed E-state index contributed by atoms with van der Waals surface area (Å²) in [5.74, 6) is 1.24. The molecule has 210 valence electrons. The average molecular weight is 556 g/mol. The molecule has 10 nitrogen and oxygen atoms in total. The molecule has 2 fully saturated rings. The molecule has 2 aliphatic rings. The molecule has 0 unspecified atom stereocenters. The van der Waals surface area contributed by atoms with E-state index in [2.05, 4.69) is 27.1 Å². The Balaban J connectivity index is 1.47. The molecule has 2 aromatic heterocycles. The van der Waals surface area contributed by atoms with Crippen molar-refractivity contribution in [3.63, 3.8) is 0 Å². The van der Waals surface area contributed by atoms with Crippen LogP contribution in [0.3, 0.4) is 0 Å². The van der Waals surface area contributed by atoms with Crippen LogP contribution in [-0.2, 0) is 4.74 Å². The summed E-state index contributed by atoms with van der Waals surface area (Å²) in [5.41, 5.74) is 1.69. The van der Waals surface area contributed by atoms with Crippen LogP contribution in [-0.4, -0.2) is 66.0 Å². The predicted molar refractivity (Wildman–Crippen MR) is 153 cm³/mol. The van der Waals surface area contributed by atoms with E-state index in [1.807, 2.05) is 45.0 Å². The van der Waals surface area contributed by atoms with Gasteiger partial charge in [-0.15, -0.1) is 0 Å². The van der Waals surface area contributed by atoms with Gasteiger partial charge in [0.15, 0.2) is 5.65 Å². The molecule has 0 atom stereocenters. The van der Waals surface area contributed by atoms with Gasteiger partial charge in [-0.2, -0.15) is 4.98 Å². The van der Waals surface area contributed by atoms with Crippen molar-refractivity contribution in [2.24, 2.45) is 0 Å². The lowest BCUT2D eigenvalue weighted by atomic mass is 9.88. The van der Waals surface area contributed by atoms with Gasteiger partial charge in [0.2, 0.25) is 11.9 Å². The molecular weight excluding hydrogens is 518 g/mol. The Kier molecular flexibility index (Phi) is 7.61. The van der Waals surface area contributed by atoms with E-state index in [1.54, 1.807) is 11.1 Å². The third-order valence-corrected chi connectivity index (χ3v) is 8.08. The van der Waals surface area contributed by atoms with E-state index in [-0.39, 0.29) is 17.6 Å². The van der Waals surface area contributed by atoms with E-state index in [4.69, 9.17) is 26.3 Å². The van der Waals surface area contributed by atoms with Gasteiger partial charge in [0.1, 0.15) is 5.52 Å². The second kappa shape index (κ2) is 10.8. The summed E-state index contributed by atoms with van der Waals surface area (Å²) in [5, 5.41) is 17.5. The molecule has 1 aliphatic heterocycles. The smallest absolute Gasteiger partial charge is 0.407 e. The Bertz CT molecular complexity index is 1320. The number of nitrogens with zero attached hydrogens (tertiary/aromatic N) is 5.